The Balaban J connectivity index is 2.25. The molecular formula is C22H23NO7. The second-order valence-corrected chi connectivity index (χ2v) is 5.76. The summed E-state index contributed by atoms with van der Waals surface area (Å²) >= 11 is 0. The minimum atomic E-state index is -0.812. The number of rotatable bonds is 9. The first kappa shape index (κ1) is 22.5. The van der Waals surface area contributed by atoms with Crippen LogP contribution >= 0.6 is 0 Å². The molecule has 2 aromatic rings. The van der Waals surface area contributed by atoms with E-state index in [1.807, 2.05) is 0 Å². The molecule has 30 heavy (non-hydrogen) atoms. The number of ether oxygens (including phenoxy) is 4. The SMILES string of the molecule is CCOC(=O)C(=CNc1ccc(OC)c(OC(=O)c2ccccc2)c1)C(=O)OCC. The van der Waals surface area contributed by atoms with Gasteiger partial charge < -0.3 is 24.3 Å². The summed E-state index contributed by atoms with van der Waals surface area (Å²) in [6, 6.07) is 13.2. The van der Waals surface area contributed by atoms with E-state index in [2.05, 4.69) is 5.32 Å². The van der Waals surface area contributed by atoms with Crippen molar-refractivity contribution in [2.75, 3.05) is 25.6 Å². The standard InChI is InChI=1S/C22H23NO7/c1-4-28-21(25)17(22(26)29-5-2)14-23-16-11-12-18(27-3)19(13-16)30-20(24)15-9-7-6-8-10-15/h6-14,23H,4-5H2,1-3H3. The van der Waals surface area contributed by atoms with Crippen molar-refractivity contribution in [3.05, 3.63) is 65.9 Å². The molecule has 158 valence electrons. The third kappa shape index (κ3) is 6.10. The molecule has 0 fully saturated rings. The van der Waals surface area contributed by atoms with Crippen molar-refractivity contribution in [3.8, 4) is 11.5 Å². The molecule has 0 amide bonds. The fourth-order valence-corrected chi connectivity index (χ4v) is 2.35. The zero-order chi connectivity index (χ0) is 21.9. The van der Waals surface area contributed by atoms with Gasteiger partial charge in [0.2, 0.25) is 0 Å². The summed E-state index contributed by atoms with van der Waals surface area (Å²) in [6.45, 7) is 3.48. The van der Waals surface area contributed by atoms with Gasteiger partial charge in [0.05, 0.1) is 25.9 Å². The highest BCUT2D eigenvalue weighted by molar-refractivity contribution is 6.14. The third-order valence-electron chi connectivity index (χ3n) is 3.75. The predicted molar refractivity (Wildman–Crippen MR) is 109 cm³/mol. The Morgan fingerprint density at radius 3 is 2.10 bits per heavy atom. The zero-order valence-corrected chi connectivity index (χ0v) is 17.0. The molecular weight excluding hydrogens is 390 g/mol. The van der Waals surface area contributed by atoms with Crippen LogP contribution in [0.5, 0.6) is 11.5 Å². The average Bonchev–Trinajstić information content (AvgIpc) is 2.75. The summed E-state index contributed by atoms with van der Waals surface area (Å²) in [5.74, 6) is -1.68. The van der Waals surface area contributed by atoms with Crippen molar-refractivity contribution in [1.82, 2.24) is 0 Å². The maximum absolute atomic E-state index is 12.3. The summed E-state index contributed by atoms with van der Waals surface area (Å²) in [5.41, 5.74) is 0.528. The van der Waals surface area contributed by atoms with Crippen LogP contribution in [-0.2, 0) is 19.1 Å². The molecule has 0 aliphatic heterocycles. The Bertz CT molecular complexity index is 902. The van der Waals surface area contributed by atoms with Gasteiger partial charge in [-0.15, -0.1) is 0 Å². The number of benzene rings is 2. The Morgan fingerprint density at radius 2 is 1.53 bits per heavy atom. The van der Waals surface area contributed by atoms with E-state index in [0.717, 1.165) is 0 Å². The van der Waals surface area contributed by atoms with Gasteiger partial charge in [-0.1, -0.05) is 18.2 Å². The summed E-state index contributed by atoms with van der Waals surface area (Å²) in [7, 11) is 1.45. The highest BCUT2D eigenvalue weighted by Gasteiger charge is 2.21. The number of carbonyl (C=O) groups excluding carboxylic acids is 3. The molecule has 0 atom stereocenters. The van der Waals surface area contributed by atoms with Gasteiger partial charge >= 0.3 is 17.9 Å². The van der Waals surface area contributed by atoms with Crippen molar-refractivity contribution in [3.63, 3.8) is 0 Å². The maximum Gasteiger partial charge on any atom is 0.347 e. The largest absolute Gasteiger partial charge is 0.493 e. The molecule has 2 aromatic carbocycles. The Hall–Kier alpha value is -3.81. The molecule has 0 saturated carbocycles. The second-order valence-electron chi connectivity index (χ2n) is 5.76. The summed E-state index contributed by atoms with van der Waals surface area (Å²) in [4.78, 5) is 36.4. The molecule has 2 rings (SSSR count). The molecule has 0 unspecified atom stereocenters. The van der Waals surface area contributed by atoms with Crippen molar-refractivity contribution < 1.29 is 33.3 Å². The first-order valence-corrected chi connectivity index (χ1v) is 9.26. The van der Waals surface area contributed by atoms with Crippen LogP contribution in [0.1, 0.15) is 24.2 Å². The normalized spacial score (nSPS) is 9.83. The molecule has 0 bridgehead atoms. The van der Waals surface area contributed by atoms with Gasteiger partial charge in [0.25, 0.3) is 0 Å². The summed E-state index contributed by atoms with van der Waals surface area (Å²) in [5, 5.41) is 2.82. The van der Waals surface area contributed by atoms with Gasteiger partial charge in [0, 0.05) is 18.0 Å². The molecule has 0 saturated heterocycles. The molecule has 0 radical (unpaired) electrons. The van der Waals surface area contributed by atoms with Gasteiger partial charge in [-0.3, -0.25) is 0 Å². The van der Waals surface area contributed by atoms with Crippen molar-refractivity contribution in [1.29, 1.82) is 0 Å². The van der Waals surface area contributed by atoms with E-state index < -0.39 is 17.9 Å². The van der Waals surface area contributed by atoms with Gasteiger partial charge in [0.15, 0.2) is 17.1 Å². The van der Waals surface area contributed by atoms with E-state index in [0.29, 0.717) is 17.0 Å². The number of esters is 3. The molecule has 8 heteroatoms. The van der Waals surface area contributed by atoms with Crippen LogP contribution in [0, 0.1) is 0 Å². The summed E-state index contributed by atoms with van der Waals surface area (Å²) < 4.78 is 20.4. The third-order valence-corrected chi connectivity index (χ3v) is 3.75. The van der Waals surface area contributed by atoms with Gasteiger partial charge in [0.1, 0.15) is 0 Å². The predicted octanol–water partition coefficient (Wildman–Crippen LogP) is 3.34. The van der Waals surface area contributed by atoms with E-state index in [1.54, 1.807) is 56.3 Å². The van der Waals surface area contributed by atoms with E-state index in [-0.39, 0.29) is 24.5 Å². The van der Waals surface area contributed by atoms with Gasteiger partial charge in [-0.2, -0.15) is 0 Å². The van der Waals surface area contributed by atoms with Crippen LogP contribution < -0.4 is 14.8 Å². The fourth-order valence-electron chi connectivity index (χ4n) is 2.35. The fraction of sp³-hybridized carbons (Fsp3) is 0.227. The Labute approximate surface area is 174 Å². The number of nitrogens with one attached hydrogen (secondary N) is 1. The van der Waals surface area contributed by atoms with Crippen molar-refractivity contribution in [2.45, 2.75) is 13.8 Å². The summed E-state index contributed by atoms with van der Waals surface area (Å²) in [6.07, 6.45) is 1.18. The second kappa shape index (κ2) is 11.3. The molecule has 0 aliphatic rings. The van der Waals surface area contributed by atoms with Crippen LogP contribution in [0.15, 0.2) is 60.3 Å². The first-order valence-electron chi connectivity index (χ1n) is 9.26. The van der Waals surface area contributed by atoms with E-state index >= 15 is 0 Å². The highest BCUT2D eigenvalue weighted by atomic mass is 16.6. The number of anilines is 1. The Kier molecular flexibility index (Phi) is 8.43. The van der Waals surface area contributed by atoms with Crippen molar-refractivity contribution in [2.24, 2.45) is 0 Å². The number of hydrogen-bond donors (Lipinski definition) is 1. The lowest BCUT2D eigenvalue weighted by Crippen LogP contribution is -2.19. The number of hydrogen-bond acceptors (Lipinski definition) is 8. The lowest BCUT2D eigenvalue weighted by molar-refractivity contribution is -0.146. The lowest BCUT2D eigenvalue weighted by atomic mass is 10.2. The highest BCUT2D eigenvalue weighted by Crippen LogP contribution is 2.31. The van der Waals surface area contributed by atoms with Crippen LogP contribution in [-0.4, -0.2) is 38.2 Å². The van der Waals surface area contributed by atoms with Crippen LogP contribution in [0.4, 0.5) is 5.69 Å². The Morgan fingerprint density at radius 1 is 0.900 bits per heavy atom. The van der Waals surface area contributed by atoms with Crippen LogP contribution in [0.25, 0.3) is 0 Å². The average molecular weight is 413 g/mol. The topological polar surface area (TPSA) is 100 Å². The lowest BCUT2D eigenvalue weighted by Gasteiger charge is -2.12. The molecule has 0 spiro atoms. The number of carbonyl (C=O) groups is 3. The molecule has 1 N–H and O–H groups in total. The molecule has 0 heterocycles. The van der Waals surface area contributed by atoms with Crippen LogP contribution in [0.2, 0.25) is 0 Å². The molecule has 0 aromatic heterocycles. The molecule has 8 nitrogen and oxygen atoms in total. The van der Waals surface area contributed by atoms with Crippen LogP contribution in [0.3, 0.4) is 0 Å². The smallest absolute Gasteiger partial charge is 0.347 e. The van der Waals surface area contributed by atoms with E-state index in [1.165, 1.54) is 19.4 Å². The van der Waals surface area contributed by atoms with Gasteiger partial charge in [-0.25, -0.2) is 14.4 Å². The molecule has 0 aliphatic carbocycles. The maximum atomic E-state index is 12.3. The minimum absolute atomic E-state index is 0.109. The quantitative estimate of drug-likeness (QED) is 0.220. The van der Waals surface area contributed by atoms with E-state index in [9.17, 15) is 14.4 Å². The van der Waals surface area contributed by atoms with Gasteiger partial charge in [-0.05, 0) is 38.1 Å². The van der Waals surface area contributed by atoms with E-state index in [4.69, 9.17) is 18.9 Å². The monoisotopic (exact) mass is 413 g/mol. The minimum Gasteiger partial charge on any atom is -0.493 e. The van der Waals surface area contributed by atoms with Crippen molar-refractivity contribution >= 4 is 23.6 Å². The first-order chi connectivity index (χ1) is 14.5. The zero-order valence-electron chi connectivity index (χ0n) is 17.0. The number of methoxy groups -OCH3 is 1.